The molecule has 2 rings (SSSR count). The number of fused-ring (bicyclic) bond motifs is 1. The first-order chi connectivity index (χ1) is 9.50. The number of carboxylic acids is 1. The highest BCUT2D eigenvalue weighted by Crippen LogP contribution is 2.15. The summed E-state index contributed by atoms with van der Waals surface area (Å²) in [5, 5.41) is 10.0. The van der Waals surface area contributed by atoms with E-state index in [1.807, 2.05) is 41.1 Å². The van der Waals surface area contributed by atoms with Crippen molar-refractivity contribution in [2.24, 2.45) is 0 Å². The minimum Gasteiger partial charge on any atom is -0.480 e. The number of nitrogens with zero attached hydrogens (tertiary/aromatic N) is 2. The number of likely N-dealkylation sites (N-methyl/N-ethyl adjacent to an activating group) is 1. The van der Waals surface area contributed by atoms with Crippen molar-refractivity contribution >= 4 is 22.8 Å². The van der Waals surface area contributed by atoms with Crippen molar-refractivity contribution in [1.29, 1.82) is 0 Å². The lowest BCUT2D eigenvalue weighted by Crippen LogP contribution is -2.40. The predicted octanol–water partition coefficient (Wildman–Crippen LogP) is 1.96. The Morgan fingerprint density at radius 3 is 2.70 bits per heavy atom. The molecule has 1 amide bonds. The molecule has 0 aliphatic heterocycles. The molecule has 0 spiro atoms. The molecule has 0 fully saturated rings. The van der Waals surface area contributed by atoms with E-state index in [9.17, 15) is 9.59 Å². The largest absolute Gasteiger partial charge is 0.480 e. The third-order valence-electron chi connectivity index (χ3n) is 3.58. The summed E-state index contributed by atoms with van der Waals surface area (Å²) in [6.45, 7) is 2.05. The van der Waals surface area contributed by atoms with Crippen LogP contribution in [0.4, 0.5) is 0 Å². The average Bonchev–Trinajstić information content (AvgIpc) is 2.86. The summed E-state index contributed by atoms with van der Waals surface area (Å²) in [5.41, 5.74) is 1.08. The van der Waals surface area contributed by atoms with Crippen LogP contribution in [-0.2, 0) is 16.1 Å². The van der Waals surface area contributed by atoms with Gasteiger partial charge in [-0.25, -0.2) is 4.79 Å². The van der Waals surface area contributed by atoms with E-state index in [2.05, 4.69) is 0 Å². The number of para-hydroxylation sites is 1. The molecule has 2 aromatic rings. The number of carboxylic acid groups (broad SMARTS) is 1. The van der Waals surface area contributed by atoms with Crippen molar-refractivity contribution in [2.45, 2.75) is 25.9 Å². The highest BCUT2D eigenvalue weighted by atomic mass is 16.4. The molecule has 1 aromatic heterocycles. The fraction of sp³-hybridized carbons (Fsp3) is 0.333. The number of carbonyl (C=O) groups is 2. The Hall–Kier alpha value is -2.30. The zero-order valence-electron chi connectivity index (χ0n) is 11.6. The van der Waals surface area contributed by atoms with Gasteiger partial charge < -0.3 is 14.6 Å². The molecule has 0 radical (unpaired) electrons. The fourth-order valence-electron chi connectivity index (χ4n) is 2.11. The number of rotatable bonds is 5. The molecular formula is C15H18N2O3. The van der Waals surface area contributed by atoms with Crippen molar-refractivity contribution in [3.05, 3.63) is 36.5 Å². The molecule has 1 unspecified atom stereocenters. The van der Waals surface area contributed by atoms with Gasteiger partial charge in [0.2, 0.25) is 5.91 Å². The van der Waals surface area contributed by atoms with E-state index in [4.69, 9.17) is 5.11 Å². The molecule has 0 saturated heterocycles. The van der Waals surface area contributed by atoms with Gasteiger partial charge in [0.25, 0.3) is 0 Å². The second-order valence-electron chi connectivity index (χ2n) is 4.84. The second-order valence-corrected chi connectivity index (χ2v) is 4.84. The Balaban J connectivity index is 2.02. The van der Waals surface area contributed by atoms with Crippen molar-refractivity contribution in [2.75, 3.05) is 7.05 Å². The Kier molecular flexibility index (Phi) is 4.08. The molecule has 1 heterocycles. The van der Waals surface area contributed by atoms with Crippen LogP contribution in [0.15, 0.2) is 36.5 Å². The molecule has 106 valence electrons. The first-order valence-corrected chi connectivity index (χ1v) is 6.53. The van der Waals surface area contributed by atoms with E-state index in [1.54, 1.807) is 0 Å². The number of benzene rings is 1. The third kappa shape index (κ3) is 2.82. The van der Waals surface area contributed by atoms with Gasteiger partial charge in [-0.05, 0) is 24.4 Å². The molecule has 0 saturated carbocycles. The quantitative estimate of drug-likeness (QED) is 0.906. The summed E-state index contributed by atoms with van der Waals surface area (Å²) in [7, 11) is 1.52. The minimum absolute atomic E-state index is 0.169. The first-order valence-electron chi connectivity index (χ1n) is 6.53. The van der Waals surface area contributed by atoms with Crippen LogP contribution in [0, 0.1) is 0 Å². The Morgan fingerprint density at radius 2 is 2.00 bits per heavy atom. The minimum atomic E-state index is -0.993. The number of aryl methyl sites for hydroxylation is 1. The van der Waals surface area contributed by atoms with E-state index in [-0.39, 0.29) is 12.3 Å². The zero-order valence-corrected chi connectivity index (χ0v) is 11.6. The van der Waals surface area contributed by atoms with Crippen LogP contribution < -0.4 is 0 Å². The number of hydrogen-bond acceptors (Lipinski definition) is 2. The highest BCUT2D eigenvalue weighted by Gasteiger charge is 2.21. The van der Waals surface area contributed by atoms with E-state index in [1.165, 1.54) is 18.9 Å². The number of aromatic nitrogens is 1. The summed E-state index contributed by atoms with van der Waals surface area (Å²) < 4.78 is 2.01. The average molecular weight is 274 g/mol. The maximum Gasteiger partial charge on any atom is 0.326 e. The summed E-state index contributed by atoms with van der Waals surface area (Å²) in [6, 6.07) is 9.15. The normalized spacial score (nSPS) is 12.3. The lowest BCUT2D eigenvalue weighted by molar-refractivity contribution is -0.148. The maximum atomic E-state index is 12.0. The highest BCUT2D eigenvalue weighted by molar-refractivity contribution is 5.83. The smallest absolute Gasteiger partial charge is 0.326 e. The van der Waals surface area contributed by atoms with Crippen LogP contribution >= 0.6 is 0 Å². The number of amides is 1. The van der Waals surface area contributed by atoms with Crippen molar-refractivity contribution in [3.63, 3.8) is 0 Å². The lowest BCUT2D eigenvalue weighted by Gasteiger charge is -2.21. The molecule has 1 aromatic carbocycles. The summed E-state index contributed by atoms with van der Waals surface area (Å²) in [4.78, 5) is 24.1. The van der Waals surface area contributed by atoms with Crippen LogP contribution in [0.1, 0.15) is 13.3 Å². The maximum absolute atomic E-state index is 12.0. The molecule has 1 atom stereocenters. The molecule has 1 N–H and O–H groups in total. The van der Waals surface area contributed by atoms with Gasteiger partial charge in [-0.2, -0.15) is 0 Å². The zero-order chi connectivity index (χ0) is 14.7. The number of carbonyl (C=O) groups excluding carboxylic acids is 1. The van der Waals surface area contributed by atoms with Crippen molar-refractivity contribution < 1.29 is 14.7 Å². The van der Waals surface area contributed by atoms with Gasteiger partial charge in [-0.1, -0.05) is 18.2 Å². The summed E-state index contributed by atoms with van der Waals surface area (Å²) >= 11 is 0. The van der Waals surface area contributed by atoms with Crippen LogP contribution in [0.25, 0.3) is 10.9 Å². The first kappa shape index (κ1) is 14.1. The van der Waals surface area contributed by atoms with Crippen LogP contribution in [-0.4, -0.2) is 39.5 Å². The van der Waals surface area contributed by atoms with Gasteiger partial charge in [-0.15, -0.1) is 0 Å². The van der Waals surface area contributed by atoms with E-state index in [0.717, 1.165) is 10.9 Å². The van der Waals surface area contributed by atoms with Gasteiger partial charge in [0.1, 0.15) is 6.04 Å². The van der Waals surface area contributed by atoms with Crippen LogP contribution in [0.3, 0.4) is 0 Å². The SMILES string of the molecule is CC(C(=O)O)N(C)C(=O)CCn1ccc2ccccc21. The lowest BCUT2D eigenvalue weighted by atomic mass is 10.2. The Labute approximate surface area is 117 Å². The fourth-order valence-corrected chi connectivity index (χ4v) is 2.11. The molecule has 5 nitrogen and oxygen atoms in total. The van der Waals surface area contributed by atoms with Crippen LogP contribution in [0.5, 0.6) is 0 Å². The van der Waals surface area contributed by atoms with Gasteiger partial charge in [-0.3, -0.25) is 4.79 Å². The van der Waals surface area contributed by atoms with Crippen molar-refractivity contribution in [3.8, 4) is 0 Å². The molecule has 0 aliphatic rings. The molecule has 0 aliphatic carbocycles. The van der Waals surface area contributed by atoms with E-state index < -0.39 is 12.0 Å². The molecule has 0 bridgehead atoms. The van der Waals surface area contributed by atoms with Crippen LogP contribution in [0.2, 0.25) is 0 Å². The number of aliphatic carboxylic acids is 1. The number of hydrogen-bond donors (Lipinski definition) is 1. The third-order valence-corrected chi connectivity index (χ3v) is 3.58. The van der Waals surface area contributed by atoms with Gasteiger partial charge in [0, 0.05) is 31.7 Å². The predicted molar refractivity (Wildman–Crippen MR) is 76.4 cm³/mol. The molecular weight excluding hydrogens is 256 g/mol. The van der Waals surface area contributed by atoms with Crippen molar-refractivity contribution in [1.82, 2.24) is 9.47 Å². The standard InChI is InChI=1S/C15H18N2O3/c1-11(15(19)20)16(2)14(18)8-10-17-9-7-12-5-3-4-6-13(12)17/h3-7,9,11H,8,10H2,1-2H3,(H,19,20). The van der Waals surface area contributed by atoms with E-state index in [0.29, 0.717) is 6.54 Å². The Morgan fingerprint density at radius 1 is 1.30 bits per heavy atom. The molecule has 20 heavy (non-hydrogen) atoms. The second kappa shape index (κ2) is 5.77. The van der Waals surface area contributed by atoms with E-state index >= 15 is 0 Å². The van der Waals surface area contributed by atoms with Gasteiger partial charge in [0.15, 0.2) is 0 Å². The molecule has 5 heteroatoms. The van der Waals surface area contributed by atoms with Gasteiger partial charge >= 0.3 is 5.97 Å². The summed E-state index contributed by atoms with van der Waals surface area (Å²) in [5.74, 6) is -1.16. The topological polar surface area (TPSA) is 62.5 Å². The monoisotopic (exact) mass is 274 g/mol. The summed E-state index contributed by atoms with van der Waals surface area (Å²) in [6.07, 6.45) is 2.23. The van der Waals surface area contributed by atoms with Gasteiger partial charge in [0.05, 0.1) is 0 Å². The Bertz CT molecular complexity index is 633.